The van der Waals surface area contributed by atoms with E-state index < -0.39 is 0 Å². The smallest absolute Gasteiger partial charge is 0.250 e. The summed E-state index contributed by atoms with van der Waals surface area (Å²) >= 11 is 0. The second-order valence-electron chi connectivity index (χ2n) is 6.23. The fourth-order valence-corrected chi connectivity index (χ4v) is 3.13. The third-order valence-corrected chi connectivity index (χ3v) is 4.40. The van der Waals surface area contributed by atoms with E-state index in [1.54, 1.807) is 21.6 Å². The van der Waals surface area contributed by atoms with E-state index >= 15 is 0 Å². The molecule has 0 atom stereocenters. The van der Waals surface area contributed by atoms with Gasteiger partial charge >= 0.3 is 0 Å². The molecule has 126 valence electrons. The third kappa shape index (κ3) is 2.50. The maximum absolute atomic E-state index is 4.58. The van der Waals surface area contributed by atoms with Crippen LogP contribution in [0, 0.1) is 0 Å². The zero-order valence-corrected chi connectivity index (χ0v) is 14.1. The summed E-state index contributed by atoms with van der Waals surface area (Å²) in [6.45, 7) is 0. The SMILES string of the molecule is Cn1cc(-c2cnc3ccc(Cc4cnc5nccnn45)cc3c2)cn1. The van der Waals surface area contributed by atoms with Gasteiger partial charge in [-0.25, -0.2) is 14.5 Å². The first kappa shape index (κ1) is 14.7. The summed E-state index contributed by atoms with van der Waals surface area (Å²) in [5, 5.41) is 9.66. The maximum Gasteiger partial charge on any atom is 0.250 e. The van der Waals surface area contributed by atoms with Gasteiger partial charge in [0, 0.05) is 42.4 Å². The van der Waals surface area contributed by atoms with E-state index in [2.05, 4.69) is 43.3 Å². The summed E-state index contributed by atoms with van der Waals surface area (Å²) < 4.78 is 3.57. The number of nitrogens with zero attached hydrogens (tertiary/aromatic N) is 7. The van der Waals surface area contributed by atoms with Gasteiger partial charge in [-0.1, -0.05) is 6.07 Å². The molecule has 0 saturated carbocycles. The highest BCUT2D eigenvalue weighted by atomic mass is 15.3. The lowest BCUT2D eigenvalue weighted by Gasteiger charge is -2.05. The van der Waals surface area contributed by atoms with Gasteiger partial charge in [0.15, 0.2) is 0 Å². The lowest BCUT2D eigenvalue weighted by Crippen LogP contribution is -1.99. The van der Waals surface area contributed by atoms with Crippen LogP contribution in [0.1, 0.15) is 11.3 Å². The van der Waals surface area contributed by atoms with Crippen LogP contribution in [-0.2, 0) is 13.5 Å². The predicted octanol–water partition coefficient (Wildman–Crippen LogP) is 2.66. The predicted molar refractivity (Wildman–Crippen MR) is 97.5 cm³/mol. The number of imidazole rings is 1. The molecule has 7 heteroatoms. The zero-order valence-electron chi connectivity index (χ0n) is 14.1. The van der Waals surface area contributed by atoms with Gasteiger partial charge in [-0.2, -0.15) is 10.2 Å². The Morgan fingerprint density at radius 1 is 0.885 bits per heavy atom. The first-order chi connectivity index (χ1) is 12.8. The second-order valence-corrected chi connectivity index (χ2v) is 6.23. The van der Waals surface area contributed by atoms with E-state index in [-0.39, 0.29) is 0 Å². The van der Waals surface area contributed by atoms with Gasteiger partial charge in [0.1, 0.15) is 0 Å². The highest BCUT2D eigenvalue weighted by Gasteiger charge is 2.08. The molecule has 5 aromatic rings. The summed E-state index contributed by atoms with van der Waals surface area (Å²) in [6, 6.07) is 8.45. The van der Waals surface area contributed by atoms with E-state index in [1.165, 1.54) is 5.56 Å². The van der Waals surface area contributed by atoms with Crippen molar-refractivity contribution in [1.82, 2.24) is 34.3 Å². The maximum atomic E-state index is 4.58. The highest BCUT2D eigenvalue weighted by Crippen LogP contribution is 2.23. The van der Waals surface area contributed by atoms with Crippen molar-refractivity contribution in [1.29, 1.82) is 0 Å². The van der Waals surface area contributed by atoms with E-state index in [4.69, 9.17) is 0 Å². The van der Waals surface area contributed by atoms with Crippen molar-refractivity contribution in [3.05, 3.63) is 72.7 Å². The molecule has 0 fully saturated rings. The van der Waals surface area contributed by atoms with Gasteiger partial charge in [0.25, 0.3) is 5.78 Å². The number of hydrogen-bond donors (Lipinski definition) is 0. The lowest BCUT2D eigenvalue weighted by molar-refractivity contribution is 0.768. The van der Waals surface area contributed by atoms with E-state index in [0.29, 0.717) is 5.78 Å². The molecule has 4 heterocycles. The lowest BCUT2D eigenvalue weighted by atomic mass is 10.0. The number of aromatic nitrogens is 7. The molecule has 0 bridgehead atoms. The Kier molecular flexibility index (Phi) is 3.24. The van der Waals surface area contributed by atoms with Crippen molar-refractivity contribution < 1.29 is 0 Å². The summed E-state index contributed by atoms with van der Waals surface area (Å²) in [6.07, 6.45) is 11.6. The number of fused-ring (bicyclic) bond motifs is 2. The topological polar surface area (TPSA) is 73.8 Å². The largest absolute Gasteiger partial charge is 0.275 e. The molecule has 0 radical (unpaired) electrons. The fourth-order valence-electron chi connectivity index (χ4n) is 3.13. The van der Waals surface area contributed by atoms with Crippen molar-refractivity contribution in [2.24, 2.45) is 7.05 Å². The molecule has 7 nitrogen and oxygen atoms in total. The van der Waals surface area contributed by atoms with Gasteiger partial charge in [-0.3, -0.25) is 9.67 Å². The summed E-state index contributed by atoms with van der Waals surface area (Å²) in [4.78, 5) is 13.1. The number of hydrogen-bond acceptors (Lipinski definition) is 5. The molecule has 0 amide bonds. The van der Waals surface area contributed by atoms with Crippen molar-refractivity contribution in [2.45, 2.75) is 6.42 Å². The number of benzene rings is 1. The molecular formula is C19H15N7. The zero-order chi connectivity index (χ0) is 17.5. The molecule has 26 heavy (non-hydrogen) atoms. The molecule has 4 aromatic heterocycles. The van der Waals surface area contributed by atoms with Gasteiger partial charge < -0.3 is 0 Å². The van der Waals surface area contributed by atoms with Crippen LogP contribution in [0.5, 0.6) is 0 Å². The van der Waals surface area contributed by atoms with Crippen LogP contribution in [0.3, 0.4) is 0 Å². The Morgan fingerprint density at radius 2 is 1.85 bits per heavy atom. The summed E-state index contributed by atoms with van der Waals surface area (Å²) in [5.74, 6) is 0.615. The Balaban J connectivity index is 1.54. The van der Waals surface area contributed by atoms with Crippen molar-refractivity contribution in [3.8, 4) is 11.1 Å². The van der Waals surface area contributed by atoms with Crippen molar-refractivity contribution in [3.63, 3.8) is 0 Å². The first-order valence-corrected chi connectivity index (χ1v) is 8.27. The molecule has 0 unspecified atom stereocenters. The number of aryl methyl sites for hydroxylation is 1. The third-order valence-electron chi connectivity index (χ3n) is 4.40. The standard InChI is InChI=1S/C19H15N7/c1-25-12-16(10-24-25)15-8-14-6-13(2-3-18(14)21-9-15)7-17-11-22-19-20-4-5-23-26(17)19/h2-6,8-12H,7H2,1H3. The minimum absolute atomic E-state index is 0.615. The van der Waals surface area contributed by atoms with Crippen LogP contribution in [0.15, 0.2) is 61.4 Å². The average Bonchev–Trinajstić information content (AvgIpc) is 3.28. The molecule has 0 spiro atoms. The van der Waals surface area contributed by atoms with Gasteiger partial charge in [-0.05, 0) is 23.8 Å². The van der Waals surface area contributed by atoms with E-state index in [1.807, 2.05) is 37.9 Å². The molecule has 0 aliphatic rings. The van der Waals surface area contributed by atoms with Crippen LogP contribution < -0.4 is 0 Å². The fraction of sp³-hybridized carbons (Fsp3) is 0.105. The second kappa shape index (κ2) is 5.73. The normalized spacial score (nSPS) is 11.4. The minimum Gasteiger partial charge on any atom is -0.275 e. The Hall–Kier alpha value is -3.61. The molecule has 1 aromatic carbocycles. The van der Waals surface area contributed by atoms with Crippen molar-refractivity contribution >= 4 is 16.7 Å². The van der Waals surface area contributed by atoms with Crippen LogP contribution in [0.2, 0.25) is 0 Å². The first-order valence-electron chi connectivity index (χ1n) is 8.27. The average molecular weight is 341 g/mol. The van der Waals surface area contributed by atoms with Gasteiger partial charge in [-0.15, -0.1) is 0 Å². The highest BCUT2D eigenvalue weighted by molar-refractivity contribution is 5.84. The summed E-state index contributed by atoms with van der Waals surface area (Å²) in [7, 11) is 1.91. The molecule has 0 aliphatic heterocycles. The molecule has 0 aliphatic carbocycles. The quantitative estimate of drug-likeness (QED) is 0.504. The van der Waals surface area contributed by atoms with Crippen LogP contribution in [0.25, 0.3) is 27.8 Å². The number of pyridine rings is 1. The Labute approximate surface area is 149 Å². The van der Waals surface area contributed by atoms with Crippen molar-refractivity contribution in [2.75, 3.05) is 0 Å². The summed E-state index contributed by atoms with van der Waals surface area (Å²) in [5.41, 5.74) is 5.27. The molecule has 0 saturated heterocycles. The van der Waals surface area contributed by atoms with Gasteiger partial charge in [0.2, 0.25) is 0 Å². The molecular weight excluding hydrogens is 326 g/mol. The number of rotatable bonds is 3. The minimum atomic E-state index is 0.615. The van der Waals surface area contributed by atoms with E-state index in [9.17, 15) is 0 Å². The van der Waals surface area contributed by atoms with Crippen LogP contribution in [-0.4, -0.2) is 34.3 Å². The van der Waals surface area contributed by atoms with Gasteiger partial charge in [0.05, 0.1) is 36.0 Å². The Morgan fingerprint density at radius 3 is 2.73 bits per heavy atom. The molecule has 5 rings (SSSR count). The monoisotopic (exact) mass is 341 g/mol. The Bertz CT molecular complexity index is 1240. The van der Waals surface area contributed by atoms with E-state index in [0.717, 1.165) is 34.1 Å². The van der Waals surface area contributed by atoms with Crippen LogP contribution in [0.4, 0.5) is 0 Å². The van der Waals surface area contributed by atoms with Crippen LogP contribution >= 0.6 is 0 Å². The molecule has 0 N–H and O–H groups in total.